The Morgan fingerprint density at radius 3 is 2.90 bits per heavy atom. The van der Waals surface area contributed by atoms with Crippen LogP contribution in [0.25, 0.3) is 0 Å². The molecule has 3 N–H and O–H groups in total. The Morgan fingerprint density at radius 1 is 1.45 bits per heavy atom. The molecule has 0 bridgehead atoms. The minimum absolute atomic E-state index is 0.127. The highest BCUT2D eigenvalue weighted by Crippen LogP contribution is 2.08. The van der Waals surface area contributed by atoms with Crippen LogP contribution in [0.15, 0.2) is 18.3 Å². The zero-order chi connectivity index (χ0) is 14.5. The molecule has 1 saturated heterocycles. The second kappa shape index (κ2) is 6.44. The van der Waals surface area contributed by atoms with Crippen molar-refractivity contribution in [2.75, 3.05) is 26.7 Å². The Hall–Kier alpha value is -1.99. The number of amides is 2. The molecule has 0 spiro atoms. The van der Waals surface area contributed by atoms with E-state index in [1.807, 2.05) is 7.05 Å². The molecular weight excluding hydrogens is 258 g/mol. The Labute approximate surface area is 117 Å². The van der Waals surface area contributed by atoms with E-state index in [-0.39, 0.29) is 11.8 Å². The van der Waals surface area contributed by atoms with Crippen LogP contribution in [0.2, 0.25) is 0 Å². The number of hydrogen-bond donors (Lipinski definition) is 2. The van der Waals surface area contributed by atoms with Gasteiger partial charge >= 0.3 is 0 Å². The van der Waals surface area contributed by atoms with Gasteiger partial charge in [0.05, 0.1) is 17.8 Å². The lowest BCUT2D eigenvalue weighted by Gasteiger charge is -2.18. The summed E-state index contributed by atoms with van der Waals surface area (Å²) in [6.07, 6.45) is 2.44. The molecule has 2 amide bonds. The quantitative estimate of drug-likeness (QED) is 0.435. The molecular formula is C13H19N5O2. The molecule has 7 heteroatoms. The number of aromatic nitrogens is 1. The molecule has 0 radical (unpaired) electrons. The topological polar surface area (TPSA) is 91.6 Å². The SMILES string of the molecule is CN1CCCN(Cc2ccc(C(=O)NN)cn2)CC1=O. The number of nitrogens with one attached hydrogen (secondary N) is 1. The third-order valence-electron chi connectivity index (χ3n) is 3.36. The molecule has 0 aliphatic carbocycles. The number of likely N-dealkylation sites (N-methyl/N-ethyl adjacent to an activating group) is 1. The summed E-state index contributed by atoms with van der Waals surface area (Å²) >= 11 is 0. The number of hydrazine groups is 1. The number of hydrogen-bond acceptors (Lipinski definition) is 5. The van der Waals surface area contributed by atoms with Crippen molar-refractivity contribution in [2.24, 2.45) is 5.84 Å². The minimum Gasteiger partial charge on any atom is -0.345 e. The first kappa shape index (κ1) is 14.4. The number of pyridine rings is 1. The highest BCUT2D eigenvalue weighted by molar-refractivity contribution is 5.93. The van der Waals surface area contributed by atoms with Gasteiger partial charge in [-0.05, 0) is 18.6 Å². The van der Waals surface area contributed by atoms with Crippen LogP contribution in [0.3, 0.4) is 0 Å². The van der Waals surface area contributed by atoms with Gasteiger partial charge in [-0.1, -0.05) is 0 Å². The number of carbonyl (C=O) groups excluding carboxylic acids is 2. The van der Waals surface area contributed by atoms with Gasteiger partial charge in [0, 0.05) is 32.9 Å². The maximum Gasteiger partial charge on any atom is 0.266 e. The summed E-state index contributed by atoms with van der Waals surface area (Å²) in [4.78, 5) is 31.1. The fourth-order valence-electron chi connectivity index (χ4n) is 2.15. The van der Waals surface area contributed by atoms with E-state index in [0.717, 1.165) is 25.2 Å². The summed E-state index contributed by atoms with van der Waals surface area (Å²) in [6.45, 7) is 2.66. The van der Waals surface area contributed by atoms with Crippen LogP contribution in [0.4, 0.5) is 0 Å². The Kier molecular flexibility index (Phi) is 4.65. The van der Waals surface area contributed by atoms with Crippen molar-refractivity contribution in [3.05, 3.63) is 29.6 Å². The van der Waals surface area contributed by atoms with E-state index in [2.05, 4.69) is 15.3 Å². The van der Waals surface area contributed by atoms with E-state index in [4.69, 9.17) is 5.84 Å². The Bertz CT molecular complexity index is 488. The van der Waals surface area contributed by atoms with Gasteiger partial charge in [0.15, 0.2) is 0 Å². The van der Waals surface area contributed by atoms with Crippen LogP contribution in [0.5, 0.6) is 0 Å². The van der Waals surface area contributed by atoms with Crippen molar-refractivity contribution in [3.63, 3.8) is 0 Å². The zero-order valence-corrected chi connectivity index (χ0v) is 11.5. The van der Waals surface area contributed by atoms with Crippen molar-refractivity contribution in [1.82, 2.24) is 20.2 Å². The molecule has 7 nitrogen and oxygen atoms in total. The molecule has 108 valence electrons. The van der Waals surface area contributed by atoms with Gasteiger partial charge in [0.25, 0.3) is 5.91 Å². The van der Waals surface area contributed by atoms with Gasteiger partial charge in [-0.2, -0.15) is 0 Å². The molecule has 1 aliphatic heterocycles. The molecule has 1 aromatic rings. The average Bonchev–Trinajstić information content (AvgIpc) is 2.61. The van der Waals surface area contributed by atoms with Gasteiger partial charge in [0.2, 0.25) is 5.91 Å². The number of nitrogens with zero attached hydrogens (tertiary/aromatic N) is 3. The largest absolute Gasteiger partial charge is 0.345 e. The minimum atomic E-state index is -0.365. The summed E-state index contributed by atoms with van der Waals surface area (Å²) in [5.41, 5.74) is 3.31. The van der Waals surface area contributed by atoms with Crippen LogP contribution < -0.4 is 11.3 Å². The van der Waals surface area contributed by atoms with E-state index >= 15 is 0 Å². The van der Waals surface area contributed by atoms with Crippen molar-refractivity contribution < 1.29 is 9.59 Å². The van der Waals surface area contributed by atoms with E-state index < -0.39 is 0 Å². The number of nitrogen functional groups attached to an aromatic ring is 1. The monoisotopic (exact) mass is 277 g/mol. The van der Waals surface area contributed by atoms with Gasteiger partial charge in [-0.3, -0.25) is 24.9 Å². The van der Waals surface area contributed by atoms with Crippen molar-refractivity contribution in [3.8, 4) is 0 Å². The Balaban J connectivity index is 1.99. The average molecular weight is 277 g/mol. The number of carbonyl (C=O) groups is 2. The second-order valence-electron chi connectivity index (χ2n) is 4.89. The lowest BCUT2D eigenvalue weighted by atomic mass is 10.2. The molecule has 20 heavy (non-hydrogen) atoms. The normalized spacial score (nSPS) is 16.9. The summed E-state index contributed by atoms with van der Waals surface area (Å²) in [6, 6.07) is 3.46. The van der Waals surface area contributed by atoms with Crippen LogP contribution >= 0.6 is 0 Å². The van der Waals surface area contributed by atoms with Gasteiger partial charge in [-0.25, -0.2) is 5.84 Å². The second-order valence-corrected chi connectivity index (χ2v) is 4.89. The third kappa shape index (κ3) is 3.52. The van der Waals surface area contributed by atoms with Crippen molar-refractivity contribution in [2.45, 2.75) is 13.0 Å². The molecule has 1 aliphatic rings. The first-order chi connectivity index (χ1) is 9.60. The maximum absolute atomic E-state index is 11.8. The first-order valence-electron chi connectivity index (χ1n) is 6.52. The van der Waals surface area contributed by atoms with Gasteiger partial charge in [-0.15, -0.1) is 0 Å². The Morgan fingerprint density at radius 2 is 2.25 bits per heavy atom. The zero-order valence-electron chi connectivity index (χ0n) is 11.5. The highest BCUT2D eigenvalue weighted by Gasteiger charge is 2.19. The summed E-state index contributed by atoms with van der Waals surface area (Å²) < 4.78 is 0. The van der Waals surface area contributed by atoms with E-state index in [1.54, 1.807) is 17.0 Å². The maximum atomic E-state index is 11.8. The molecule has 0 aromatic carbocycles. The van der Waals surface area contributed by atoms with Crippen LogP contribution in [0, 0.1) is 0 Å². The summed E-state index contributed by atoms with van der Waals surface area (Å²) in [5, 5.41) is 0. The predicted octanol–water partition coefficient (Wildman–Crippen LogP) is -0.651. The van der Waals surface area contributed by atoms with E-state index in [9.17, 15) is 9.59 Å². The molecule has 2 rings (SSSR count). The smallest absolute Gasteiger partial charge is 0.266 e. The predicted molar refractivity (Wildman–Crippen MR) is 73.4 cm³/mol. The fraction of sp³-hybridized carbons (Fsp3) is 0.462. The summed E-state index contributed by atoms with van der Waals surface area (Å²) in [7, 11) is 1.82. The highest BCUT2D eigenvalue weighted by atomic mass is 16.2. The molecule has 0 unspecified atom stereocenters. The van der Waals surface area contributed by atoms with Crippen LogP contribution in [0.1, 0.15) is 22.5 Å². The lowest BCUT2D eigenvalue weighted by Crippen LogP contribution is -2.34. The van der Waals surface area contributed by atoms with Gasteiger partial charge < -0.3 is 4.90 Å². The van der Waals surface area contributed by atoms with Crippen molar-refractivity contribution in [1.29, 1.82) is 0 Å². The molecule has 1 fully saturated rings. The molecule has 1 aromatic heterocycles. The van der Waals surface area contributed by atoms with Gasteiger partial charge in [0.1, 0.15) is 0 Å². The first-order valence-corrected chi connectivity index (χ1v) is 6.52. The standard InChI is InChI=1S/C13H19N5O2/c1-17-5-2-6-18(9-12(17)19)8-11-4-3-10(7-15-11)13(20)16-14/h3-4,7H,2,5-6,8-9,14H2,1H3,(H,16,20). The number of rotatable bonds is 3. The van der Waals surface area contributed by atoms with E-state index in [1.165, 1.54) is 6.20 Å². The molecule has 0 atom stereocenters. The molecule has 2 heterocycles. The van der Waals surface area contributed by atoms with Crippen LogP contribution in [-0.2, 0) is 11.3 Å². The molecule has 0 saturated carbocycles. The lowest BCUT2D eigenvalue weighted by molar-refractivity contribution is -0.130. The van der Waals surface area contributed by atoms with E-state index in [0.29, 0.717) is 18.7 Å². The summed E-state index contributed by atoms with van der Waals surface area (Å²) in [5.74, 6) is 4.82. The fourth-order valence-corrected chi connectivity index (χ4v) is 2.15. The van der Waals surface area contributed by atoms with Crippen molar-refractivity contribution >= 4 is 11.8 Å². The third-order valence-corrected chi connectivity index (χ3v) is 3.36. The van der Waals surface area contributed by atoms with Crippen LogP contribution in [-0.4, -0.2) is 53.3 Å². The number of nitrogens with two attached hydrogens (primary N) is 1.